The lowest BCUT2D eigenvalue weighted by Gasteiger charge is -2.51. The van der Waals surface area contributed by atoms with E-state index in [9.17, 15) is 10.1 Å². The number of fused-ring (bicyclic) bond motifs is 4. The molecule has 4 rings (SSSR count). The number of nitro benzene ring substituents is 1. The Bertz CT molecular complexity index is 941. The standard InChI is InChI=1S/C25H33NO3/c1-16-17(2)25(7)15-23(16,5)14-21-20(12-13-24(21,25)6)22(3,4)29-19-10-8-18(9-11-19)26(27)28/h8-11,14,20H,12-13,15H2,1-7H3/t20-,23?,24-,25?/m0/s1. The van der Waals surface area contributed by atoms with E-state index in [2.05, 4.69) is 54.5 Å². The van der Waals surface area contributed by atoms with E-state index in [-0.39, 0.29) is 32.5 Å². The molecular weight excluding hydrogens is 362 g/mol. The molecule has 1 saturated carbocycles. The van der Waals surface area contributed by atoms with Crippen molar-refractivity contribution in [3.63, 3.8) is 0 Å². The van der Waals surface area contributed by atoms with Crippen molar-refractivity contribution in [2.24, 2.45) is 22.2 Å². The van der Waals surface area contributed by atoms with Crippen molar-refractivity contribution in [2.45, 2.75) is 73.3 Å². The fourth-order valence-corrected chi connectivity index (χ4v) is 6.66. The van der Waals surface area contributed by atoms with Crippen LogP contribution in [0.3, 0.4) is 0 Å². The summed E-state index contributed by atoms with van der Waals surface area (Å²) >= 11 is 0. The number of rotatable bonds is 4. The number of allylic oxidation sites excluding steroid dienone is 3. The predicted molar refractivity (Wildman–Crippen MR) is 116 cm³/mol. The molecule has 2 unspecified atom stereocenters. The van der Waals surface area contributed by atoms with Gasteiger partial charge in [0.1, 0.15) is 11.4 Å². The molecule has 0 radical (unpaired) electrons. The van der Waals surface area contributed by atoms with Crippen LogP contribution < -0.4 is 4.74 Å². The lowest BCUT2D eigenvalue weighted by atomic mass is 9.53. The lowest BCUT2D eigenvalue weighted by molar-refractivity contribution is -0.384. The Morgan fingerprint density at radius 2 is 1.69 bits per heavy atom. The minimum Gasteiger partial charge on any atom is -0.487 e. The fourth-order valence-electron chi connectivity index (χ4n) is 6.66. The van der Waals surface area contributed by atoms with Crippen LogP contribution in [0, 0.1) is 32.3 Å². The summed E-state index contributed by atoms with van der Waals surface area (Å²) in [5.74, 6) is 1.02. The molecule has 29 heavy (non-hydrogen) atoms. The third-order valence-corrected chi connectivity index (χ3v) is 8.87. The molecule has 0 amide bonds. The van der Waals surface area contributed by atoms with Gasteiger partial charge in [-0.05, 0) is 69.9 Å². The molecule has 0 saturated heterocycles. The van der Waals surface area contributed by atoms with Crippen LogP contribution >= 0.6 is 0 Å². The summed E-state index contributed by atoms with van der Waals surface area (Å²) in [5.41, 5.74) is 4.87. The van der Waals surface area contributed by atoms with Gasteiger partial charge in [0.05, 0.1) is 4.92 Å². The molecule has 3 aliphatic carbocycles. The number of nitrogens with zero attached hydrogens (tertiary/aromatic N) is 1. The molecule has 156 valence electrons. The number of ether oxygens (including phenoxy) is 1. The van der Waals surface area contributed by atoms with E-state index in [1.165, 1.54) is 30.5 Å². The van der Waals surface area contributed by atoms with Gasteiger partial charge in [0.2, 0.25) is 0 Å². The van der Waals surface area contributed by atoms with Crippen LogP contribution in [0.15, 0.2) is 47.1 Å². The Labute approximate surface area is 174 Å². The number of hydrogen-bond donors (Lipinski definition) is 0. The van der Waals surface area contributed by atoms with E-state index in [4.69, 9.17) is 4.74 Å². The molecule has 1 aromatic rings. The average Bonchev–Trinajstić information content (AvgIpc) is 3.05. The Morgan fingerprint density at radius 1 is 1.07 bits per heavy atom. The van der Waals surface area contributed by atoms with Crippen molar-refractivity contribution >= 4 is 5.69 Å². The molecule has 3 aliphatic rings. The van der Waals surface area contributed by atoms with Crippen molar-refractivity contribution in [1.29, 1.82) is 0 Å². The van der Waals surface area contributed by atoms with Gasteiger partial charge in [0.15, 0.2) is 0 Å². The van der Waals surface area contributed by atoms with Crippen LogP contribution in [0.1, 0.15) is 67.7 Å². The molecule has 1 fully saturated rings. The second-order valence-electron chi connectivity index (χ2n) is 10.7. The first-order chi connectivity index (χ1) is 13.3. The smallest absolute Gasteiger partial charge is 0.269 e. The van der Waals surface area contributed by atoms with Gasteiger partial charge in [-0.1, -0.05) is 43.6 Å². The van der Waals surface area contributed by atoms with E-state index in [0.717, 1.165) is 6.42 Å². The largest absolute Gasteiger partial charge is 0.487 e. The van der Waals surface area contributed by atoms with E-state index in [0.29, 0.717) is 11.7 Å². The van der Waals surface area contributed by atoms with Gasteiger partial charge >= 0.3 is 0 Å². The monoisotopic (exact) mass is 395 g/mol. The van der Waals surface area contributed by atoms with Gasteiger partial charge in [0, 0.05) is 23.5 Å². The van der Waals surface area contributed by atoms with Crippen molar-refractivity contribution in [2.75, 3.05) is 0 Å². The van der Waals surface area contributed by atoms with Gasteiger partial charge in [-0.25, -0.2) is 0 Å². The van der Waals surface area contributed by atoms with Crippen LogP contribution in [0.4, 0.5) is 5.69 Å². The van der Waals surface area contributed by atoms with Crippen LogP contribution in [0.2, 0.25) is 0 Å². The summed E-state index contributed by atoms with van der Waals surface area (Å²) in [6.45, 7) is 16.3. The minimum absolute atomic E-state index is 0.0908. The minimum atomic E-state index is -0.384. The highest BCUT2D eigenvalue weighted by atomic mass is 16.6. The normalized spacial score (nSPS) is 36.1. The quantitative estimate of drug-likeness (QED) is 0.318. The van der Waals surface area contributed by atoms with Gasteiger partial charge in [-0.15, -0.1) is 0 Å². The number of benzene rings is 1. The highest BCUT2D eigenvalue weighted by Crippen LogP contribution is 2.72. The second kappa shape index (κ2) is 5.96. The first kappa shape index (κ1) is 20.2. The maximum Gasteiger partial charge on any atom is 0.269 e. The van der Waals surface area contributed by atoms with E-state index < -0.39 is 0 Å². The Kier molecular flexibility index (Phi) is 4.15. The summed E-state index contributed by atoms with van der Waals surface area (Å²) in [4.78, 5) is 10.6. The average molecular weight is 396 g/mol. The van der Waals surface area contributed by atoms with Crippen molar-refractivity contribution in [3.8, 4) is 5.75 Å². The third-order valence-electron chi connectivity index (χ3n) is 8.87. The van der Waals surface area contributed by atoms with Crippen molar-refractivity contribution in [1.82, 2.24) is 0 Å². The van der Waals surface area contributed by atoms with Crippen LogP contribution in [0.25, 0.3) is 0 Å². The summed E-state index contributed by atoms with van der Waals surface area (Å²) in [6, 6.07) is 6.46. The molecule has 2 bridgehead atoms. The van der Waals surface area contributed by atoms with Crippen molar-refractivity contribution < 1.29 is 9.66 Å². The molecule has 4 heteroatoms. The van der Waals surface area contributed by atoms with E-state index in [1.807, 2.05) is 0 Å². The molecule has 4 nitrogen and oxygen atoms in total. The zero-order chi connectivity index (χ0) is 21.4. The topological polar surface area (TPSA) is 52.4 Å². The number of non-ortho nitro benzene ring substituents is 1. The van der Waals surface area contributed by atoms with Crippen LogP contribution in [-0.2, 0) is 0 Å². The summed E-state index contributed by atoms with van der Waals surface area (Å²) in [7, 11) is 0. The molecule has 0 aliphatic heterocycles. The summed E-state index contributed by atoms with van der Waals surface area (Å²) < 4.78 is 6.45. The molecule has 4 atom stereocenters. The van der Waals surface area contributed by atoms with E-state index >= 15 is 0 Å². The molecule has 0 N–H and O–H groups in total. The zero-order valence-electron chi connectivity index (χ0n) is 18.8. The van der Waals surface area contributed by atoms with Gasteiger partial charge < -0.3 is 4.74 Å². The third kappa shape index (κ3) is 2.64. The van der Waals surface area contributed by atoms with Gasteiger partial charge in [-0.3, -0.25) is 10.1 Å². The highest BCUT2D eigenvalue weighted by Gasteiger charge is 2.63. The highest BCUT2D eigenvalue weighted by molar-refractivity contribution is 5.48. The van der Waals surface area contributed by atoms with E-state index in [1.54, 1.807) is 23.3 Å². The van der Waals surface area contributed by atoms with Gasteiger partial charge in [0.25, 0.3) is 5.69 Å². The molecular formula is C25H33NO3. The SMILES string of the molecule is CC1=C(C)C2(C)CC1(C)C=C1[C@@H](C(C)(C)Oc3ccc([N+](=O)[O-])cc3)CC[C@@]12C. The Morgan fingerprint density at radius 3 is 2.28 bits per heavy atom. The molecule has 0 aromatic heterocycles. The Balaban J connectivity index is 1.68. The predicted octanol–water partition coefficient (Wildman–Crippen LogP) is 6.86. The fraction of sp³-hybridized carbons (Fsp3) is 0.600. The van der Waals surface area contributed by atoms with Crippen LogP contribution in [0.5, 0.6) is 5.75 Å². The maximum absolute atomic E-state index is 10.9. The maximum atomic E-state index is 10.9. The summed E-state index contributed by atoms with van der Waals surface area (Å²) in [5, 5.41) is 10.9. The van der Waals surface area contributed by atoms with Crippen molar-refractivity contribution in [3.05, 3.63) is 57.2 Å². The Hall–Kier alpha value is -2.10. The van der Waals surface area contributed by atoms with Crippen LogP contribution in [-0.4, -0.2) is 10.5 Å². The summed E-state index contributed by atoms with van der Waals surface area (Å²) in [6.07, 6.45) is 6.06. The van der Waals surface area contributed by atoms with Gasteiger partial charge in [-0.2, -0.15) is 0 Å². The first-order valence-corrected chi connectivity index (χ1v) is 10.7. The zero-order valence-corrected chi connectivity index (χ0v) is 18.8. The number of hydrogen-bond acceptors (Lipinski definition) is 3. The second-order valence-corrected chi connectivity index (χ2v) is 10.7. The molecule has 1 aromatic carbocycles. The number of nitro groups is 1. The molecule has 0 spiro atoms. The first-order valence-electron chi connectivity index (χ1n) is 10.7. The lowest BCUT2D eigenvalue weighted by Crippen LogP contribution is -2.45. The molecule has 0 heterocycles.